The maximum absolute atomic E-state index is 12.4. The van der Waals surface area contributed by atoms with Crippen LogP contribution in [0.3, 0.4) is 0 Å². The van der Waals surface area contributed by atoms with E-state index in [4.69, 9.17) is 0 Å². The number of halogens is 1. The third-order valence-electron chi connectivity index (χ3n) is 5.74. The Bertz CT molecular complexity index is 736. The number of carbonyl (C=O) groups is 2. The molecule has 3 rings (SSSR count). The number of carbonyl (C=O) groups excluding carboxylic acids is 2. The SMILES string of the molecule is CCC1(C)NC(=O)N(CCCNC(=NC)N2CCN(Cc3cccs3)CC2)C1=O.I. The molecule has 30 heavy (non-hydrogen) atoms. The number of rotatable bonds is 7. The summed E-state index contributed by atoms with van der Waals surface area (Å²) < 4.78 is 0. The van der Waals surface area contributed by atoms with Gasteiger partial charge in [0.1, 0.15) is 5.54 Å². The lowest BCUT2D eigenvalue weighted by Crippen LogP contribution is -2.52. The molecule has 0 saturated carbocycles. The number of thiophene rings is 1. The van der Waals surface area contributed by atoms with Gasteiger partial charge in [0.2, 0.25) is 0 Å². The minimum atomic E-state index is -0.761. The monoisotopic (exact) mass is 548 g/mol. The van der Waals surface area contributed by atoms with Crippen molar-refractivity contribution >= 4 is 53.2 Å². The van der Waals surface area contributed by atoms with E-state index in [0.717, 1.165) is 38.7 Å². The van der Waals surface area contributed by atoms with Crippen molar-refractivity contribution in [2.24, 2.45) is 4.99 Å². The highest BCUT2D eigenvalue weighted by Crippen LogP contribution is 2.20. The zero-order chi connectivity index (χ0) is 20.9. The lowest BCUT2D eigenvalue weighted by molar-refractivity contribution is -0.130. The summed E-state index contributed by atoms with van der Waals surface area (Å²) in [6, 6.07) is 4.00. The van der Waals surface area contributed by atoms with Crippen molar-refractivity contribution in [2.75, 3.05) is 46.3 Å². The smallest absolute Gasteiger partial charge is 0.325 e. The van der Waals surface area contributed by atoms with Crippen LogP contribution in [0.25, 0.3) is 0 Å². The molecule has 1 unspecified atom stereocenters. The Hall–Kier alpha value is -1.40. The quantitative estimate of drug-likeness (QED) is 0.180. The average Bonchev–Trinajstić information content (AvgIpc) is 3.30. The van der Waals surface area contributed by atoms with Crippen LogP contribution >= 0.6 is 35.3 Å². The molecule has 1 atom stereocenters. The summed E-state index contributed by atoms with van der Waals surface area (Å²) in [6.07, 6.45) is 1.29. The normalized spacial score (nSPS) is 22.8. The van der Waals surface area contributed by atoms with Crippen molar-refractivity contribution in [1.82, 2.24) is 25.3 Å². The van der Waals surface area contributed by atoms with E-state index in [1.165, 1.54) is 9.78 Å². The Kier molecular flexibility index (Phi) is 9.35. The van der Waals surface area contributed by atoms with Gasteiger partial charge in [0.25, 0.3) is 5.91 Å². The van der Waals surface area contributed by atoms with E-state index in [1.54, 1.807) is 25.3 Å². The molecule has 2 aliphatic heterocycles. The van der Waals surface area contributed by atoms with Gasteiger partial charge in [-0.25, -0.2) is 4.79 Å². The first-order chi connectivity index (χ1) is 14.0. The van der Waals surface area contributed by atoms with Gasteiger partial charge >= 0.3 is 6.03 Å². The molecule has 3 amide bonds. The highest BCUT2D eigenvalue weighted by molar-refractivity contribution is 14.0. The van der Waals surface area contributed by atoms with E-state index in [1.807, 2.05) is 6.92 Å². The lowest BCUT2D eigenvalue weighted by atomic mass is 9.99. The minimum absolute atomic E-state index is 0. The molecule has 2 aliphatic rings. The van der Waals surface area contributed by atoms with E-state index in [2.05, 4.69) is 42.9 Å². The summed E-state index contributed by atoms with van der Waals surface area (Å²) >= 11 is 1.81. The molecule has 1 aromatic heterocycles. The van der Waals surface area contributed by atoms with Gasteiger partial charge in [-0.3, -0.25) is 19.6 Å². The van der Waals surface area contributed by atoms with Crippen LogP contribution in [0.4, 0.5) is 4.79 Å². The molecule has 0 spiro atoms. The van der Waals surface area contributed by atoms with Crippen LogP contribution < -0.4 is 10.6 Å². The number of nitrogens with zero attached hydrogens (tertiary/aromatic N) is 4. The van der Waals surface area contributed by atoms with Gasteiger partial charge < -0.3 is 15.5 Å². The zero-order valence-corrected chi connectivity index (χ0v) is 21.2. The molecule has 8 nitrogen and oxygen atoms in total. The Morgan fingerprint density at radius 3 is 2.60 bits per heavy atom. The Morgan fingerprint density at radius 1 is 1.30 bits per heavy atom. The summed E-state index contributed by atoms with van der Waals surface area (Å²) in [4.78, 5) is 36.4. The highest BCUT2D eigenvalue weighted by atomic mass is 127. The van der Waals surface area contributed by atoms with Gasteiger partial charge in [0.05, 0.1) is 0 Å². The lowest BCUT2D eigenvalue weighted by Gasteiger charge is -2.36. The number of imide groups is 1. The van der Waals surface area contributed by atoms with Gasteiger partial charge in [0.15, 0.2) is 5.96 Å². The number of hydrogen-bond acceptors (Lipinski definition) is 5. The molecule has 3 heterocycles. The van der Waals surface area contributed by atoms with Crippen LogP contribution in [0, 0.1) is 0 Å². The molecule has 0 aromatic carbocycles. The fraction of sp³-hybridized carbons (Fsp3) is 0.650. The molecule has 10 heteroatoms. The predicted molar refractivity (Wildman–Crippen MR) is 132 cm³/mol. The van der Waals surface area contributed by atoms with Crippen LogP contribution in [0.1, 0.15) is 31.6 Å². The first kappa shape index (κ1) is 24.9. The third kappa shape index (κ3) is 5.85. The van der Waals surface area contributed by atoms with Crippen molar-refractivity contribution in [1.29, 1.82) is 0 Å². The second-order valence-electron chi connectivity index (χ2n) is 7.74. The van der Waals surface area contributed by atoms with Crippen molar-refractivity contribution in [3.05, 3.63) is 22.4 Å². The topological polar surface area (TPSA) is 80.3 Å². The standard InChI is InChI=1S/C20H32N6O2S.HI/c1-4-20(2)17(27)26(19(28)23-20)9-6-8-22-18(21-3)25-12-10-24(11-13-25)15-16-7-5-14-29-16;/h5,7,14H,4,6,8-13,15H2,1-3H3,(H,21,22)(H,23,28);1H. The van der Waals surface area contributed by atoms with Gasteiger partial charge in [-0.15, -0.1) is 35.3 Å². The Labute approximate surface area is 200 Å². The molecule has 2 saturated heterocycles. The van der Waals surface area contributed by atoms with Crippen LogP contribution in [0.5, 0.6) is 0 Å². The first-order valence-corrected chi connectivity index (χ1v) is 11.2. The summed E-state index contributed by atoms with van der Waals surface area (Å²) in [5, 5.41) is 8.30. The molecule has 168 valence electrons. The zero-order valence-electron chi connectivity index (χ0n) is 18.0. The fourth-order valence-electron chi connectivity index (χ4n) is 3.70. The number of guanidine groups is 1. The number of piperazine rings is 1. The van der Waals surface area contributed by atoms with Crippen LogP contribution in [0.2, 0.25) is 0 Å². The molecular formula is C20H33IN6O2S. The molecule has 0 radical (unpaired) electrons. The van der Waals surface area contributed by atoms with Crippen molar-refractivity contribution in [3.8, 4) is 0 Å². The van der Waals surface area contributed by atoms with Crippen LogP contribution in [-0.4, -0.2) is 84.5 Å². The van der Waals surface area contributed by atoms with Gasteiger partial charge in [-0.1, -0.05) is 13.0 Å². The summed E-state index contributed by atoms with van der Waals surface area (Å²) in [7, 11) is 1.80. The largest absolute Gasteiger partial charge is 0.356 e. The fourth-order valence-corrected chi connectivity index (χ4v) is 4.45. The molecule has 2 N–H and O–H groups in total. The van der Waals surface area contributed by atoms with Gasteiger partial charge in [-0.05, 0) is 31.2 Å². The Balaban J connectivity index is 0.00000320. The molecule has 0 bridgehead atoms. The maximum atomic E-state index is 12.4. The molecule has 0 aliphatic carbocycles. The third-order valence-corrected chi connectivity index (χ3v) is 6.60. The van der Waals surface area contributed by atoms with Crippen molar-refractivity contribution < 1.29 is 9.59 Å². The molecular weight excluding hydrogens is 515 g/mol. The Morgan fingerprint density at radius 2 is 2.03 bits per heavy atom. The summed E-state index contributed by atoms with van der Waals surface area (Å²) in [5.41, 5.74) is -0.761. The van der Waals surface area contributed by atoms with Crippen molar-refractivity contribution in [3.63, 3.8) is 0 Å². The van der Waals surface area contributed by atoms with E-state index < -0.39 is 5.54 Å². The van der Waals surface area contributed by atoms with Gasteiger partial charge in [-0.2, -0.15) is 0 Å². The highest BCUT2D eigenvalue weighted by Gasteiger charge is 2.45. The van der Waals surface area contributed by atoms with E-state index in [0.29, 0.717) is 25.9 Å². The average molecular weight is 548 g/mol. The number of nitrogens with one attached hydrogen (secondary N) is 2. The van der Waals surface area contributed by atoms with E-state index in [-0.39, 0.29) is 35.9 Å². The first-order valence-electron chi connectivity index (χ1n) is 10.3. The van der Waals surface area contributed by atoms with Gasteiger partial charge in [0, 0.05) is 57.7 Å². The second kappa shape index (κ2) is 11.3. The number of hydrogen-bond donors (Lipinski definition) is 2. The number of urea groups is 1. The second-order valence-corrected chi connectivity index (χ2v) is 8.77. The van der Waals surface area contributed by atoms with Crippen molar-refractivity contribution in [2.45, 2.75) is 38.8 Å². The number of amides is 3. The number of aliphatic imine (C=N–C) groups is 1. The molecule has 2 fully saturated rings. The van der Waals surface area contributed by atoms with E-state index in [9.17, 15) is 9.59 Å². The predicted octanol–water partition coefficient (Wildman–Crippen LogP) is 2.17. The minimum Gasteiger partial charge on any atom is -0.356 e. The summed E-state index contributed by atoms with van der Waals surface area (Å²) in [6.45, 7) is 9.69. The maximum Gasteiger partial charge on any atom is 0.325 e. The summed E-state index contributed by atoms with van der Waals surface area (Å²) in [5.74, 6) is 0.757. The van der Waals surface area contributed by atoms with Crippen LogP contribution in [0.15, 0.2) is 22.5 Å². The molecule has 1 aromatic rings. The van der Waals surface area contributed by atoms with Crippen LogP contribution in [-0.2, 0) is 11.3 Å². The van der Waals surface area contributed by atoms with E-state index >= 15 is 0 Å².